The topological polar surface area (TPSA) is 64.3 Å². The Hall–Kier alpha value is -2.67. The molecular weight excluding hydrogens is 362 g/mol. The van der Waals surface area contributed by atoms with Gasteiger partial charge in [0.25, 0.3) is 0 Å². The zero-order valence-corrected chi connectivity index (χ0v) is 15.2. The zero-order valence-electron chi connectivity index (χ0n) is 14.3. The fourth-order valence-corrected chi connectivity index (χ4v) is 2.35. The van der Waals surface area contributed by atoms with E-state index in [0.29, 0.717) is 0 Å². The van der Waals surface area contributed by atoms with E-state index in [1.165, 1.54) is 37.3 Å². The predicted octanol–water partition coefficient (Wildman–Crippen LogP) is 3.94. The van der Waals surface area contributed by atoms with Crippen molar-refractivity contribution in [3.8, 4) is 11.1 Å². The van der Waals surface area contributed by atoms with E-state index in [1.807, 2.05) is 0 Å². The lowest BCUT2D eigenvalue weighted by atomic mass is 10.0. The number of carbonyl (C=O) groups excluding carboxylic acids is 1. The Bertz CT molecular complexity index is 1050. The van der Waals surface area contributed by atoms with Crippen molar-refractivity contribution in [2.75, 3.05) is 12.5 Å². The first-order chi connectivity index (χ1) is 12.2. The Kier molecular flexibility index (Phi) is 6.15. The van der Waals surface area contributed by atoms with Crippen LogP contribution in [0.1, 0.15) is 17.5 Å². The maximum Gasteiger partial charge on any atom is 0.204 e. The number of Topliss-reactive ketones (excluding diaryl/α,β-unsaturated/α-hetero) is 1. The molecular formula is C19H16F2O4S. The number of benzene rings is 2. The van der Waals surface area contributed by atoms with Gasteiger partial charge < -0.3 is 4.42 Å². The molecule has 0 atom stereocenters. The highest BCUT2D eigenvalue weighted by molar-refractivity contribution is 7.83. The van der Waals surface area contributed by atoms with Crippen LogP contribution in [-0.2, 0) is 10.8 Å². The van der Waals surface area contributed by atoms with E-state index in [9.17, 15) is 22.6 Å². The van der Waals surface area contributed by atoms with Gasteiger partial charge in [0.15, 0.2) is 11.5 Å². The normalized spacial score (nSPS) is 10.5. The largest absolute Gasteiger partial charge is 0.452 e. The number of ketones is 1. The summed E-state index contributed by atoms with van der Waals surface area (Å²) in [5.41, 5.74) is -0.681. The van der Waals surface area contributed by atoms with Gasteiger partial charge >= 0.3 is 0 Å². The fraction of sp³-hybridized carbons (Fsp3) is 0.158. The van der Waals surface area contributed by atoms with Crippen LogP contribution in [0.15, 0.2) is 51.7 Å². The van der Waals surface area contributed by atoms with Crippen molar-refractivity contribution in [2.45, 2.75) is 6.92 Å². The van der Waals surface area contributed by atoms with Crippen LogP contribution in [-0.4, -0.2) is 22.5 Å². The van der Waals surface area contributed by atoms with Gasteiger partial charge in [-0.1, -0.05) is 18.2 Å². The van der Waals surface area contributed by atoms with Gasteiger partial charge in [-0.05, 0) is 29.8 Å². The lowest BCUT2D eigenvalue weighted by Crippen LogP contribution is -2.12. The molecule has 3 rings (SSSR count). The van der Waals surface area contributed by atoms with Crippen molar-refractivity contribution in [3.63, 3.8) is 0 Å². The molecule has 0 saturated carbocycles. The number of halogens is 2. The van der Waals surface area contributed by atoms with E-state index in [-0.39, 0.29) is 27.9 Å². The SMILES string of the molecule is CC(=O)c1oc2cccc(F)c2c(=O)c1-c1cccc(F)c1.CS(C)=O. The minimum Gasteiger partial charge on any atom is -0.452 e. The van der Waals surface area contributed by atoms with Crippen molar-refractivity contribution in [1.29, 1.82) is 0 Å². The molecule has 1 heterocycles. The smallest absolute Gasteiger partial charge is 0.204 e. The second kappa shape index (κ2) is 8.14. The minimum atomic E-state index is -0.751. The molecule has 0 N–H and O–H groups in total. The third-order valence-electron chi connectivity index (χ3n) is 3.30. The highest BCUT2D eigenvalue weighted by Gasteiger charge is 2.21. The van der Waals surface area contributed by atoms with Gasteiger partial charge in [-0.15, -0.1) is 0 Å². The zero-order chi connectivity index (χ0) is 19.4. The third kappa shape index (κ3) is 4.29. The first-order valence-electron chi connectivity index (χ1n) is 7.49. The Morgan fingerprint density at radius 1 is 1.08 bits per heavy atom. The van der Waals surface area contributed by atoms with Crippen molar-refractivity contribution in [2.24, 2.45) is 0 Å². The molecule has 0 aliphatic heterocycles. The van der Waals surface area contributed by atoms with Crippen molar-refractivity contribution < 1.29 is 22.2 Å². The van der Waals surface area contributed by atoms with Crippen LogP contribution in [0.3, 0.4) is 0 Å². The van der Waals surface area contributed by atoms with Gasteiger partial charge in [0.1, 0.15) is 22.6 Å². The number of hydrogen-bond donors (Lipinski definition) is 0. The van der Waals surface area contributed by atoms with Crippen LogP contribution >= 0.6 is 0 Å². The average molecular weight is 378 g/mol. The fourth-order valence-electron chi connectivity index (χ4n) is 2.35. The molecule has 4 nitrogen and oxygen atoms in total. The predicted molar refractivity (Wildman–Crippen MR) is 97.8 cm³/mol. The highest BCUT2D eigenvalue weighted by Crippen LogP contribution is 2.26. The van der Waals surface area contributed by atoms with E-state index in [4.69, 9.17) is 4.42 Å². The third-order valence-corrected chi connectivity index (χ3v) is 3.30. The molecule has 3 aromatic rings. The van der Waals surface area contributed by atoms with E-state index >= 15 is 0 Å². The molecule has 0 unspecified atom stereocenters. The van der Waals surface area contributed by atoms with E-state index < -0.39 is 33.6 Å². The first-order valence-corrected chi connectivity index (χ1v) is 9.46. The highest BCUT2D eigenvalue weighted by atomic mass is 32.2. The van der Waals surface area contributed by atoms with Gasteiger partial charge in [-0.25, -0.2) is 8.78 Å². The Morgan fingerprint density at radius 2 is 1.69 bits per heavy atom. The summed E-state index contributed by atoms with van der Waals surface area (Å²) in [7, 11) is -0.611. The summed E-state index contributed by atoms with van der Waals surface area (Å²) < 4.78 is 42.3. The van der Waals surface area contributed by atoms with E-state index in [1.54, 1.807) is 12.5 Å². The van der Waals surface area contributed by atoms with Gasteiger partial charge in [0.05, 0.1) is 5.56 Å². The van der Waals surface area contributed by atoms with Crippen molar-refractivity contribution in [1.82, 2.24) is 0 Å². The molecule has 0 amide bonds. The lowest BCUT2D eigenvalue weighted by molar-refractivity contribution is 0.0988. The summed E-state index contributed by atoms with van der Waals surface area (Å²) >= 11 is 0. The Balaban J connectivity index is 0.000000552. The molecule has 2 aromatic carbocycles. The van der Waals surface area contributed by atoms with Gasteiger partial charge in [0, 0.05) is 30.2 Å². The van der Waals surface area contributed by atoms with Crippen LogP contribution in [0.5, 0.6) is 0 Å². The summed E-state index contributed by atoms with van der Waals surface area (Å²) in [5.74, 6) is -2.03. The van der Waals surface area contributed by atoms with Crippen LogP contribution in [0, 0.1) is 11.6 Å². The van der Waals surface area contributed by atoms with E-state index in [0.717, 1.165) is 12.1 Å². The maximum atomic E-state index is 13.9. The maximum absolute atomic E-state index is 13.9. The monoisotopic (exact) mass is 378 g/mol. The molecule has 0 saturated heterocycles. The molecule has 0 spiro atoms. The molecule has 0 aliphatic carbocycles. The van der Waals surface area contributed by atoms with Gasteiger partial charge in [-0.2, -0.15) is 0 Å². The first kappa shape index (κ1) is 19.7. The molecule has 1 aromatic heterocycles. The number of hydrogen-bond acceptors (Lipinski definition) is 4. The van der Waals surface area contributed by atoms with Crippen molar-refractivity contribution in [3.05, 3.63) is 70.1 Å². The van der Waals surface area contributed by atoms with Gasteiger partial charge in [-0.3, -0.25) is 13.8 Å². The van der Waals surface area contributed by atoms with Crippen LogP contribution in [0.2, 0.25) is 0 Å². The van der Waals surface area contributed by atoms with Crippen LogP contribution < -0.4 is 5.43 Å². The van der Waals surface area contributed by atoms with E-state index in [2.05, 4.69) is 0 Å². The second-order valence-electron chi connectivity index (χ2n) is 5.56. The number of carbonyl (C=O) groups is 1. The summed E-state index contributed by atoms with van der Waals surface area (Å²) in [6, 6.07) is 9.09. The quantitative estimate of drug-likeness (QED) is 0.634. The molecule has 0 bridgehead atoms. The standard InChI is InChI=1S/C17H10F2O3.C2H6OS/c1-9(20)17-14(10-4-2-5-11(18)8-10)16(21)15-12(19)6-3-7-13(15)22-17;1-4(2)3/h2-8H,1H3;1-2H3. The molecule has 26 heavy (non-hydrogen) atoms. The van der Waals surface area contributed by atoms with Crippen LogP contribution in [0.25, 0.3) is 22.1 Å². The summed E-state index contributed by atoms with van der Waals surface area (Å²) in [6.07, 6.45) is 3.28. The summed E-state index contributed by atoms with van der Waals surface area (Å²) in [5, 5.41) is -0.258. The minimum absolute atomic E-state index is 0.0182. The number of fused-ring (bicyclic) bond motifs is 1. The van der Waals surface area contributed by atoms with Crippen molar-refractivity contribution >= 4 is 27.6 Å². The summed E-state index contributed by atoms with van der Waals surface area (Å²) in [6.45, 7) is 1.23. The molecule has 7 heteroatoms. The van der Waals surface area contributed by atoms with Gasteiger partial charge in [0.2, 0.25) is 5.43 Å². The van der Waals surface area contributed by atoms with Crippen LogP contribution in [0.4, 0.5) is 8.78 Å². The summed E-state index contributed by atoms with van der Waals surface area (Å²) in [4.78, 5) is 24.4. The molecule has 0 radical (unpaired) electrons. The average Bonchev–Trinajstić information content (AvgIpc) is 2.53. The lowest BCUT2D eigenvalue weighted by Gasteiger charge is -2.08. The second-order valence-corrected chi connectivity index (χ2v) is 7.04. The molecule has 0 aliphatic rings. The number of rotatable bonds is 2. The molecule has 0 fully saturated rings. The Morgan fingerprint density at radius 3 is 2.27 bits per heavy atom. The Labute approximate surface area is 150 Å². The molecule has 136 valence electrons.